The van der Waals surface area contributed by atoms with Crippen LogP contribution in [0.3, 0.4) is 0 Å². The van der Waals surface area contributed by atoms with E-state index in [1.165, 1.54) is 23.5 Å². The Bertz CT molecular complexity index is 187. The van der Waals surface area contributed by atoms with Crippen molar-refractivity contribution in [1.82, 2.24) is 0 Å². The maximum absolute atomic E-state index is 9.34. The number of aliphatic hydroxyl groups excluding tert-OH is 4. The van der Waals surface area contributed by atoms with Crippen molar-refractivity contribution in [1.29, 1.82) is 0 Å². The third kappa shape index (κ3) is 2.61. The van der Waals surface area contributed by atoms with Gasteiger partial charge in [-0.2, -0.15) is 0 Å². The number of rotatable bonds is 4. The molecule has 13 heavy (non-hydrogen) atoms. The fourth-order valence-corrected chi connectivity index (χ4v) is 3.68. The Labute approximate surface area is 84.7 Å². The first-order valence-electron chi connectivity index (χ1n) is 3.78. The monoisotopic (exact) mass is 224 g/mol. The van der Waals surface area contributed by atoms with Gasteiger partial charge in [-0.05, 0) is 0 Å². The molecule has 0 aromatic rings. The summed E-state index contributed by atoms with van der Waals surface area (Å²) in [5, 5.41) is 36.8. The SMILES string of the molecule is OCC(O)C1=C(C(O)CO)SCS1. The second-order valence-electron chi connectivity index (χ2n) is 2.53. The molecule has 0 aliphatic carbocycles. The molecule has 1 rings (SSSR count). The lowest BCUT2D eigenvalue weighted by Gasteiger charge is -2.13. The summed E-state index contributed by atoms with van der Waals surface area (Å²) in [5.41, 5.74) is 0. The molecule has 0 spiro atoms. The van der Waals surface area contributed by atoms with Crippen LogP contribution < -0.4 is 0 Å². The highest BCUT2D eigenvalue weighted by atomic mass is 32.2. The number of hydrogen-bond acceptors (Lipinski definition) is 6. The summed E-state index contributed by atoms with van der Waals surface area (Å²) in [5.74, 6) is 0. The van der Waals surface area contributed by atoms with Gasteiger partial charge in [0.25, 0.3) is 0 Å². The topological polar surface area (TPSA) is 80.9 Å². The van der Waals surface area contributed by atoms with Gasteiger partial charge in [0.05, 0.1) is 13.2 Å². The molecule has 4 N–H and O–H groups in total. The standard InChI is InChI=1S/C7H12O4S2/c8-1-4(10)6-7(5(11)2-9)13-3-12-6/h4-5,8-11H,1-3H2. The van der Waals surface area contributed by atoms with Crippen molar-refractivity contribution in [2.75, 3.05) is 18.3 Å². The molecule has 0 saturated carbocycles. The van der Waals surface area contributed by atoms with Gasteiger partial charge in [0.15, 0.2) is 0 Å². The van der Waals surface area contributed by atoms with Crippen LogP contribution in [0.25, 0.3) is 0 Å². The lowest BCUT2D eigenvalue weighted by Crippen LogP contribution is -2.19. The van der Waals surface area contributed by atoms with Crippen LogP contribution in [-0.2, 0) is 0 Å². The maximum Gasteiger partial charge on any atom is 0.109 e. The van der Waals surface area contributed by atoms with Gasteiger partial charge in [-0.3, -0.25) is 0 Å². The molecule has 2 unspecified atom stereocenters. The highest BCUT2D eigenvalue weighted by molar-refractivity contribution is 8.22. The first-order chi connectivity index (χ1) is 6.20. The Hall–Kier alpha value is 0.280. The van der Waals surface area contributed by atoms with Crippen molar-refractivity contribution >= 4 is 23.5 Å². The van der Waals surface area contributed by atoms with E-state index < -0.39 is 12.2 Å². The predicted molar refractivity (Wildman–Crippen MR) is 53.3 cm³/mol. The zero-order valence-corrected chi connectivity index (χ0v) is 8.51. The minimum Gasteiger partial charge on any atom is -0.393 e. The average molecular weight is 224 g/mol. The first kappa shape index (κ1) is 11.4. The van der Waals surface area contributed by atoms with Crippen LogP contribution in [0.15, 0.2) is 9.81 Å². The summed E-state index contributed by atoms with van der Waals surface area (Å²) < 4.78 is 0. The Morgan fingerprint density at radius 1 is 1.00 bits per heavy atom. The molecule has 1 aliphatic rings. The van der Waals surface area contributed by atoms with Crippen LogP contribution in [0, 0.1) is 0 Å². The van der Waals surface area contributed by atoms with E-state index in [2.05, 4.69) is 0 Å². The van der Waals surface area contributed by atoms with Crippen LogP contribution >= 0.6 is 23.5 Å². The van der Waals surface area contributed by atoms with Gasteiger partial charge in [0, 0.05) is 14.9 Å². The minimum atomic E-state index is -0.934. The van der Waals surface area contributed by atoms with Gasteiger partial charge < -0.3 is 20.4 Å². The molecule has 76 valence electrons. The van der Waals surface area contributed by atoms with Crippen LogP contribution in [0.1, 0.15) is 0 Å². The Morgan fingerprint density at radius 3 is 1.69 bits per heavy atom. The molecule has 0 saturated heterocycles. The highest BCUT2D eigenvalue weighted by Gasteiger charge is 2.26. The summed E-state index contributed by atoms with van der Waals surface area (Å²) in [7, 11) is 0. The van der Waals surface area contributed by atoms with Crippen molar-refractivity contribution in [2.24, 2.45) is 0 Å². The summed E-state index contributed by atoms with van der Waals surface area (Å²) in [6.07, 6.45) is -1.87. The Kier molecular flexibility index (Phi) is 4.57. The highest BCUT2D eigenvalue weighted by Crippen LogP contribution is 2.42. The summed E-state index contributed by atoms with van der Waals surface area (Å²) in [6, 6.07) is 0. The fraction of sp³-hybridized carbons (Fsp3) is 0.714. The molecule has 0 amide bonds. The smallest absolute Gasteiger partial charge is 0.109 e. The predicted octanol–water partition coefficient (Wildman–Crippen LogP) is -0.658. The van der Waals surface area contributed by atoms with Gasteiger partial charge in [-0.15, -0.1) is 23.5 Å². The van der Waals surface area contributed by atoms with Gasteiger partial charge in [-0.1, -0.05) is 0 Å². The van der Waals surface area contributed by atoms with Crippen molar-refractivity contribution < 1.29 is 20.4 Å². The minimum absolute atomic E-state index is 0.357. The normalized spacial score (nSPS) is 22.2. The molecular formula is C7H12O4S2. The van der Waals surface area contributed by atoms with Crippen LogP contribution in [0.2, 0.25) is 0 Å². The zero-order valence-electron chi connectivity index (χ0n) is 6.88. The van der Waals surface area contributed by atoms with Crippen molar-refractivity contribution in [3.8, 4) is 0 Å². The molecule has 6 heteroatoms. The molecule has 0 radical (unpaired) electrons. The van der Waals surface area contributed by atoms with Crippen molar-refractivity contribution in [3.05, 3.63) is 9.81 Å². The van der Waals surface area contributed by atoms with E-state index in [9.17, 15) is 10.2 Å². The van der Waals surface area contributed by atoms with Crippen LogP contribution in [0.4, 0.5) is 0 Å². The Morgan fingerprint density at radius 2 is 1.38 bits per heavy atom. The fourth-order valence-electron chi connectivity index (χ4n) is 0.985. The molecular weight excluding hydrogens is 212 g/mol. The zero-order chi connectivity index (χ0) is 9.84. The van der Waals surface area contributed by atoms with Crippen molar-refractivity contribution in [2.45, 2.75) is 12.2 Å². The van der Waals surface area contributed by atoms with Gasteiger partial charge >= 0.3 is 0 Å². The average Bonchev–Trinajstić information content (AvgIpc) is 2.63. The number of thioether (sulfide) groups is 2. The number of hydrogen-bond donors (Lipinski definition) is 4. The lowest BCUT2D eigenvalue weighted by atomic mass is 10.2. The maximum atomic E-state index is 9.34. The van der Waals surface area contributed by atoms with Gasteiger partial charge in [-0.25, -0.2) is 0 Å². The van der Waals surface area contributed by atoms with Crippen molar-refractivity contribution in [3.63, 3.8) is 0 Å². The van der Waals surface area contributed by atoms with E-state index in [0.29, 0.717) is 14.9 Å². The molecule has 1 heterocycles. The van der Waals surface area contributed by atoms with E-state index in [1.54, 1.807) is 0 Å². The largest absolute Gasteiger partial charge is 0.393 e. The van der Waals surface area contributed by atoms with Gasteiger partial charge in [0.1, 0.15) is 12.2 Å². The summed E-state index contributed by atoms with van der Waals surface area (Å²) in [4.78, 5) is 1.16. The third-order valence-corrected chi connectivity index (χ3v) is 4.30. The molecule has 0 aromatic carbocycles. The first-order valence-corrected chi connectivity index (χ1v) is 5.75. The van der Waals surface area contributed by atoms with E-state index in [4.69, 9.17) is 10.2 Å². The van der Waals surface area contributed by atoms with E-state index in [0.717, 1.165) is 0 Å². The third-order valence-electron chi connectivity index (χ3n) is 1.62. The second kappa shape index (κ2) is 5.23. The molecule has 2 atom stereocenters. The van der Waals surface area contributed by atoms with Crippen LogP contribution in [-0.4, -0.2) is 50.9 Å². The summed E-state index contributed by atoms with van der Waals surface area (Å²) in [6.45, 7) is -0.713. The molecule has 0 bridgehead atoms. The van der Waals surface area contributed by atoms with E-state index in [-0.39, 0.29) is 13.2 Å². The van der Waals surface area contributed by atoms with Crippen LogP contribution in [0.5, 0.6) is 0 Å². The van der Waals surface area contributed by atoms with Gasteiger partial charge in [0.2, 0.25) is 0 Å². The molecule has 4 nitrogen and oxygen atoms in total. The Balaban J connectivity index is 2.76. The second-order valence-corrected chi connectivity index (χ2v) is 4.93. The van der Waals surface area contributed by atoms with E-state index in [1.807, 2.05) is 0 Å². The lowest BCUT2D eigenvalue weighted by molar-refractivity contribution is 0.115. The van der Waals surface area contributed by atoms with E-state index >= 15 is 0 Å². The molecule has 1 aliphatic heterocycles. The molecule has 0 aromatic heterocycles. The quantitative estimate of drug-likeness (QED) is 0.508. The number of aliphatic hydroxyl groups is 4. The summed E-state index contributed by atoms with van der Waals surface area (Å²) >= 11 is 2.78. The molecule has 0 fully saturated rings.